The SMILES string of the molecule is COCC1(CNC(=O)c2cnn(C)c2C)CCNCC1. The van der Waals surface area contributed by atoms with Gasteiger partial charge >= 0.3 is 0 Å². The first-order valence-corrected chi connectivity index (χ1v) is 7.04. The van der Waals surface area contributed by atoms with E-state index >= 15 is 0 Å². The van der Waals surface area contributed by atoms with Gasteiger partial charge in [-0.25, -0.2) is 0 Å². The molecule has 6 nitrogen and oxygen atoms in total. The molecule has 6 heteroatoms. The normalized spacial score (nSPS) is 17.9. The van der Waals surface area contributed by atoms with Crippen molar-refractivity contribution >= 4 is 5.91 Å². The number of nitrogens with zero attached hydrogens (tertiary/aromatic N) is 2. The maximum Gasteiger partial charge on any atom is 0.254 e. The van der Waals surface area contributed by atoms with Crippen molar-refractivity contribution in [3.63, 3.8) is 0 Å². The summed E-state index contributed by atoms with van der Waals surface area (Å²) < 4.78 is 7.07. The van der Waals surface area contributed by atoms with E-state index < -0.39 is 0 Å². The number of hydrogen-bond donors (Lipinski definition) is 2. The molecular weight excluding hydrogens is 256 g/mol. The van der Waals surface area contributed by atoms with Gasteiger partial charge in [0.15, 0.2) is 0 Å². The fourth-order valence-corrected chi connectivity index (χ4v) is 2.72. The molecule has 1 fully saturated rings. The van der Waals surface area contributed by atoms with E-state index in [1.807, 2.05) is 14.0 Å². The van der Waals surface area contributed by atoms with Crippen LogP contribution in [-0.2, 0) is 11.8 Å². The number of aromatic nitrogens is 2. The number of aryl methyl sites for hydroxylation is 1. The van der Waals surface area contributed by atoms with Crippen LogP contribution in [0.5, 0.6) is 0 Å². The predicted octanol–water partition coefficient (Wildman–Crippen LogP) is 0.475. The molecule has 20 heavy (non-hydrogen) atoms. The number of methoxy groups -OCH3 is 1. The van der Waals surface area contributed by atoms with Crippen molar-refractivity contribution in [1.29, 1.82) is 0 Å². The molecule has 0 unspecified atom stereocenters. The fraction of sp³-hybridized carbons (Fsp3) is 0.714. The number of carbonyl (C=O) groups excluding carboxylic acids is 1. The molecule has 1 aliphatic rings. The van der Waals surface area contributed by atoms with Crippen molar-refractivity contribution < 1.29 is 9.53 Å². The minimum Gasteiger partial charge on any atom is -0.384 e. The summed E-state index contributed by atoms with van der Waals surface area (Å²) in [6, 6.07) is 0. The zero-order valence-corrected chi connectivity index (χ0v) is 12.5. The average Bonchev–Trinajstić information content (AvgIpc) is 2.78. The van der Waals surface area contributed by atoms with Gasteiger partial charge < -0.3 is 15.4 Å². The van der Waals surface area contributed by atoms with Crippen LogP contribution in [0.1, 0.15) is 28.9 Å². The molecule has 2 N–H and O–H groups in total. The lowest BCUT2D eigenvalue weighted by molar-refractivity contribution is 0.0511. The first kappa shape index (κ1) is 15.0. The Balaban J connectivity index is 1.98. The van der Waals surface area contributed by atoms with Crippen LogP contribution in [0.25, 0.3) is 0 Å². The number of amides is 1. The Morgan fingerprint density at radius 2 is 2.25 bits per heavy atom. The number of carbonyl (C=O) groups is 1. The van der Waals surface area contributed by atoms with Crippen molar-refractivity contribution in [1.82, 2.24) is 20.4 Å². The lowest BCUT2D eigenvalue weighted by Crippen LogP contribution is -2.47. The van der Waals surface area contributed by atoms with Crippen molar-refractivity contribution in [3.8, 4) is 0 Å². The second-order valence-corrected chi connectivity index (χ2v) is 5.63. The zero-order chi connectivity index (χ0) is 14.6. The molecule has 0 radical (unpaired) electrons. The summed E-state index contributed by atoms with van der Waals surface area (Å²) in [6.45, 7) is 5.18. The van der Waals surface area contributed by atoms with Crippen LogP contribution in [0.3, 0.4) is 0 Å². The van der Waals surface area contributed by atoms with Crippen LogP contribution in [0, 0.1) is 12.3 Å². The average molecular weight is 280 g/mol. The van der Waals surface area contributed by atoms with Crippen LogP contribution >= 0.6 is 0 Å². The van der Waals surface area contributed by atoms with E-state index in [4.69, 9.17) is 4.74 Å². The molecule has 2 rings (SSSR count). The summed E-state index contributed by atoms with van der Waals surface area (Å²) in [6.07, 6.45) is 3.66. The van der Waals surface area contributed by atoms with Crippen molar-refractivity contribution in [2.75, 3.05) is 33.4 Å². The van der Waals surface area contributed by atoms with Crippen LogP contribution in [0.15, 0.2) is 6.20 Å². The van der Waals surface area contributed by atoms with E-state index in [-0.39, 0.29) is 11.3 Å². The van der Waals surface area contributed by atoms with E-state index in [2.05, 4.69) is 15.7 Å². The third kappa shape index (κ3) is 3.19. The summed E-state index contributed by atoms with van der Waals surface area (Å²) in [4.78, 5) is 12.2. The van der Waals surface area contributed by atoms with Crippen LogP contribution in [-0.4, -0.2) is 49.0 Å². The molecule has 112 valence electrons. The number of ether oxygens (including phenoxy) is 1. The quantitative estimate of drug-likeness (QED) is 0.823. The highest BCUT2D eigenvalue weighted by atomic mass is 16.5. The number of rotatable bonds is 5. The van der Waals surface area contributed by atoms with Gasteiger partial charge in [-0.1, -0.05) is 0 Å². The largest absolute Gasteiger partial charge is 0.384 e. The van der Waals surface area contributed by atoms with Gasteiger partial charge in [0.25, 0.3) is 5.91 Å². The lowest BCUT2D eigenvalue weighted by Gasteiger charge is -2.37. The van der Waals surface area contributed by atoms with E-state index in [1.54, 1.807) is 18.0 Å². The van der Waals surface area contributed by atoms with Crippen LogP contribution < -0.4 is 10.6 Å². The van der Waals surface area contributed by atoms with Gasteiger partial charge in [0.05, 0.1) is 18.4 Å². The Kier molecular flexibility index (Phi) is 4.77. The molecule has 1 aromatic rings. The Hall–Kier alpha value is -1.40. The molecule has 0 aromatic carbocycles. The molecule has 0 spiro atoms. The van der Waals surface area contributed by atoms with E-state index in [1.165, 1.54) is 0 Å². The second kappa shape index (κ2) is 6.37. The molecule has 2 heterocycles. The topological polar surface area (TPSA) is 68.2 Å². The number of nitrogens with one attached hydrogen (secondary N) is 2. The molecule has 0 aliphatic carbocycles. The first-order valence-electron chi connectivity index (χ1n) is 7.04. The molecule has 1 saturated heterocycles. The fourth-order valence-electron chi connectivity index (χ4n) is 2.72. The predicted molar refractivity (Wildman–Crippen MR) is 76.7 cm³/mol. The van der Waals surface area contributed by atoms with Gasteiger partial charge in [0, 0.05) is 31.8 Å². The lowest BCUT2D eigenvalue weighted by atomic mass is 9.79. The minimum absolute atomic E-state index is 0.0474. The van der Waals surface area contributed by atoms with Crippen molar-refractivity contribution in [2.24, 2.45) is 12.5 Å². The highest BCUT2D eigenvalue weighted by Crippen LogP contribution is 2.28. The molecule has 1 aromatic heterocycles. The molecule has 0 atom stereocenters. The van der Waals surface area contributed by atoms with Gasteiger partial charge in [-0.3, -0.25) is 9.48 Å². The van der Waals surface area contributed by atoms with Crippen LogP contribution in [0.4, 0.5) is 0 Å². The summed E-state index contributed by atoms with van der Waals surface area (Å²) in [5.41, 5.74) is 1.58. The smallest absolute Gasteiger partial charge is 0.254 e. The third-order valence-electron chi connectivity index (χ3n) is 4.22. The molecule has 1 aliphatic heterocycles. The molecule has 1 amide bonds. The molecule has 0 bridgehead atoms. The van der Waals surface area contributed by atoms with Crippen LogP contribution in [0.2, 0.25) is 0 Å². The number of hydrogen-bond acceptors (Lipinski definition) is 4. The Labute approximate surface area is 119 Å². The monoisotopic (exact) mass is 280 g/mol. The molecule has 0 saturated carbocycles. The van der Waals surface area contributed by atoms with Gasteiger partial charge in [0.2, 0.25) is 0 Å². The third-order valence-corrected chi connectivity index (χ3v) is 4.22. The Morgan fingerprint density at radius 3 is 2.80 bits per heavy atom. The maximum atomic E-state index is 12.2. The Morgan fingerprint density at radius 1 is 1.55 bits per heavy atom. The zero-order valence-electron chi connectivity index (χ0n) is 12.5. The van der Waals surface area contributed by atoms with E-state index in [0.717, 1.165) is 31.6 Å². The summed E-state index contributed by atoms with van der Waals surface area (Å²) in [7, 11) is 3.56. The summed E-state index contributed by atoms with van der Waals surface area (Å²) in [5.74, 6) is -0.0513. The Bertz CT molecular complexity index is 458. The van der Waals surface area contributed by atoms with E-state index in [0.29, 0.717) is 18.7 Å². The first-order chi connectivity index (χ1) is 9.58. The minimum atomic E-state index is -0.0513. The standard InChI is InChI=1S/C14H24N4O2/c1-11-12(8-17-18(11)2)13(19)16-9-14(10-20-3)4-6-15-7-5-14/h8,15H,4-7,9-10H2,1-3H3,(H,16,19). The second-order valence-electron chi connectivity index (χ2n) is 5.63. The van der Waals surface area contributed by atoms with Gasteiger partial charge in [0.1, 0.15) is 0 Å². The molecular formula is C14H24N4O2. The van der Waals surface area contributed by atoms with Gasteiger partial charge in [-0.2, -0.15) is 5.10 Å². The summed E-state index contributed by atoms with van der Waals surface area (Å²) in [5, 5.41) is 10.5. The van der Waals surface area contributed by atoms with Crippen molar-refractivity contribution in [2.45, 2.75) is 19.8 Å². The summed E-state index contributed by atoms with van der Waals surface area (Å²) >= 11 is 0. The maximum absolute atomic E-state index is 12.2. The van der Waals surface area contributed by atoms with E-state index in [9.17, 15) is 4.79 Å². The highest BCUT2D eigenvalue weighted by Gasteiger charge is 2.32. The van der Waals surface area contributed by atoms with Gasteiger partial charge in [-0.15, -0.1) is 0 Å². The van der Waals surface area contributed by atoms with Crippen molar-refractivity contribution in [3.05, 3.63) is 17.5 Å². The number of piperidine rings is 1. The highest BCUT2D eigenvalue weighted by molar-refractivity contribution is 5.95. The van der Waals surface area contributed by atoms with Gasteiger partial charge in [-0.05, 0) is 32.9 Å².